The number of amides is 1. The van der Waals surface area contributed by atoms with Crippen molar-refractivity contribution in [1.29, 1.82) is 0 Å². The highest BCUT2D eigenvalue weighted by atomic mass is 19.1. The summed E-state index contributed by atoms with van der Waals surface area (Å²) in [6, 6.07) is 22.7. The van der Waals surface area contributed by atoms with Gasteiger partial charge in [0.15, 0.2) is 0 Å². The van der Waals surface area contributed by atoms with Crippen LogP contribution in [0.3, 0.4) is 0 Å². The van der Waals surface area contributed by atoms with E-state index in [9.17, 15) is 9.18 Å². The predicted molar refractivity (Wildman–Crippen MR) is 130 cm³/mol. The van der Waals surface area contributed by atoms with Crippen LogP contribution in [0, 0.1) is 5.82 Å². The minimum absolute atomic E-state index is 0.0574. The molecule has 1 fully saturated rings. The normalized spacial score (nSPS) is 14.6. The molecule has 5 rings (SSSR count). The van der Waals surface area contributed by atoms with Crippen LogP contribution >= 0.6 is 0 Å². The van der Waals surface area contributed by atoms with Gasteiger partial charge in [-0.1, -0.05) is 36.4 Å². The Bertz CT molecular complexity index is 1290. The van der Waals surface area contributed by atoms with Crippen molar-refractivity contribution in [3.63, 3.8) is 0 Å². The highest BCUT2D eigenvalue weighted by Gasteiger charge is 2.28. The van der Waals surface area contributed by atoms with Gasteiger partial charge in [-0.15, -0.1) is 0 Å². The summed E-state index contributed by atoms with van der Waals surface area (Å²) in [5.41, 5.74) is 4.31. The Labute approximate surface area is 193 Å². The monoisotopic (exact) mass is 442 g/mol. The van der Waals surface area contributed by atoms with Crippen LogP contribution in [-0.4, -0.2) is 47.5 Å². The van der Waals surface area contributed by atoms with Crippen LogP contribution in [0.15, 0.2) is 72.8 Å². The molecule has 6 heteroatoms. The van der Waals surface area contributed by atoms with Crippen LogP contribution in [0.5, 0.6) is 0 Å². The molecule has 0 unspecified atom stereocenters. The van der Waals surface area contributed by atoms with Gasteiger partial charge in [0.25, 0.3) is 5.91 Å². The van der Waals surface area contributed by atoms with E-state index in [0.29, 0.717) is 18.7 Å². The Morgan fingerprint density at radius 3 is 2.45 bits per heavy atom. The number of anilines is 1. The van der Waals surface area contributed by atoms with Crippen molar-refractivity contribution in [2.45, 2.75) is 18.9 Å². The van der Waals surface area contributed by atoms with Crippen LogP contribution < -0.4 is 4.90 Å². The number of carbonyl (C=O) groups excluding carboxylic acids is 1. The fourth-order valence-corrected chi connectivity index (χ4v) is 4.65. The minimum Gasteiger partial charge on any atom is -0.378 e. The number of carbonyl (C=O) groups is 1. The summed E-state index contributed by atoms with van der Waals surface area (Å²) in [6.07, 6.45) is 1.59. The molecule has 0 N–H and O–H groups in total. The molecule has 1 amide bonds. The number of hydrogen-bond donors (Lipinski definition) is 0. The van der Waals surface area contributed by atoms with Crippen LogP contribution in [0.1, 0.15) is 29.2 Å². The number of aromatic nitrogens is 2. The second-order valence-electron chi connectivity index (χ2n) is 8.77. The number of fused-ring (bicyclic) bond motifs is 1. The van der Waals surface area contributed by atoms with E-state index in [1.807, 2.05) is 78.5 Å². The van der Waals surface area contributed by atoms with Crippen LogP contribution in [-0.2, 0) is 0 Å². The maximum atomic E-state index is 14.1. The molecule has 1 aliphatic heterocycles. The molecular weight excluding hydrogens is 415 g/mol. The first-order valence-corrected chi connectivity index (χ1v) is 11.3. The number of benzene rings is 3. The van der Waals surface area contributed by atoms with E-state index in [-0.39, 0.29) is 17.8 Å². The molecule has 1 saturated heterocycles. The number of nitrogens with zero attached hydrogens (tertiary/aromatic N) is 4. The molecule has 1 aromatic heterocycles. The van der Waals surface area contributed by atoms with E-state index in [4.69, 9.17) is 4.98 Å². The number of halogens is 1. The van der Waals surface area contributed by atoms with Crippen molar-refractivity contribution in [3.8, 4) is 11.4 Å². The number of imidazole rings is 1. The Kier molecular flexibility index (Phi) is 5.58. The van der Waals surface area contributed by atoms with Gasteiger partial charge >= 0.3 is 0 Å². The number of hydrogen-bond acceptors (Lipinski definition) is 3. The fraction of sp³-hybridized carbons (Fsp3) is 0.259. The van der Waals surface area contributed by atoms with E-state index >= 15 is 0 Å². The SMILES string of the molecule is CN(C)c1cccc(C(=O)N2CCC(n3c(-c4ccccc4)nc4ccc(F)cc43)CC2)c1. The minimum atomic E-state index is -0.267. The molecule has 0 atom stereocenters. The Morgan fingerprint density at radius 1 is 0.970 bits per heavy atom. The van der Waals surface area contributed by atoms with Gasteiger partial charge < -0.3 is 14.4 Å². The third-order valence-corrected chi connectivity index (χ3v) is 6.41. The molecule has 5 nitrogen and oxygen atoms in total. The Balaban J connectivity index is 1.42. The van der Waals surface area contributed by atoms with Gasteiger partial charge in [-0.05, 0) is 49.2 Å². The zero-order chi connectivity index (χ0) is 22.9. The van der Waals surface area contributed by atoms with Crippen molar-refractivity contribution in [1.82, 2.24) is 14.5 Å². The molecule has 0 bridgehead atoms. The molecule has 4 aromatic rings. The first-order chi connectivity index (χ1) is 16.0. The highest BCUT2D eigenvalue weighted by Crippen LogP contribution is 2.34. The maximum Gasteiger partial charge on any atom is 0.253 e. The van der Waals surface area contributed by atoms with Gasteiger partial charge in [-0.3, -0.25) is 4.79 Å². The molecule has 3 aromatic carbocycles. The standard InChI is InChI=1S/C27H27FN4O/c1-30(2)23-10-6-9-20(17-23)27(33)31-15-13-22(14-16-31)32-25-18-21(28)11-12-24(25)29-26(32)19-7-4-3-5-8-19/h3-12,17-18,22H,13-16H2,1-2H3. The Hall–Kier alpha value is -3.67. The van der Waals surface area contributed by atoms with Gasteiger partial charge in [-0.2, -0.15) is 0 Å². The summed E-state index contributed by atoms with van der Waals surface area (Å²) in [5, 5.41) is 0. The van der Waals surface area contributed by atoms with Crippen molar-refractivity contribution < 1.29 is 9.18 Å². The van der Waals surface area contributed by atoms with Gasteiger partial charge in [0.1, 0.15) is 11.6 Å². The third-order valence-electron chi connectivity index (χ3n) is 6.41. The number of likely N-dealkylation sites (tertiary alicyclic amines) is 1. The van der Waals surface area contributed by atoms with Gasteiger partial charge in [0.05, 0.1) is 11.0 Å². The summed E-state index contributed by atoms with van der Waals surface area (Å²) in [7, 11) is 3.94. The topological polar surface area (TPSA) is 41.4 Å². The van der Waals surface area contributed by atoms with E-state index in [0.717, 1.165) is 41.0 Å². The average Bonchev–Trinajstić information content (AvgIpc) is 3.23. The lowest BCUT2D eigenvalue weighted by atomic mass is 10.0. The fourth-order valence-electron chi connectivity index (χ4n) is 4.65. The highest BCUT2D eigenvalue weighted by molar-refractivity contribution is 5.95. The molecule has 0 radical (unpaired) electrons. The summed E-state index contributed by atoms with van der Waals surface area (Å²) in [5.74, 6) is 0.637. The molecule has 2 heterocycles. The zero-order valence-corrected chi connectivity index (χ0v) is 18.9. The number of piperidine rings is 1. The van der Waals surface area contributed by atoms with Gasteiger partial charge in [-0.25, -0.2) is 9.37 Å². The lowest BCUT2D eigenvalue weighted by molar-refractivity contribution is 0.0696. The molecular formula is C27H27FN4O. The lowest BCUT2D eigenvalue weighted by Gasteiger charge is -2.34. The molecule has 0 aliphatic carbocycles. The van der Waals surface area contributed by atoms with Crippen molar-refractivity contribution >= 4 is 22.6 Å². The summed E-state index contributed by atoms with van der Waals surface area (Å²) in [4.78, 5) is 21.9. The summed E-state index contributed by atoms with van der Waals surface area (Å²) in [6.45, 7) is 1.30. The largest absolute Gasteiger partial charge is 0.378 e. The third kappa shape index (κ3) is 4.09. The number of rotatable bonds is 4. The van der Waals surface area contributed by atoms with Gasteiger partial charge in [0, 0.05) is 50.0 Å². The molecule has 33 heavy (non-hydrogen) atoms. The Morgan fingerprint density at radius 2 is 1.73 bits per heavy atom. The first kappa shape index (κ1) is 21.2. The molecule has 0 saturated carbocycles. The van der Waals surface area contributed by atoms with Crippen molar-refractivity contribution in [2.75, 3.05) is 32.1 Å². The predicted octanol–water partition coefficient (Wildman–Crippen LogP) is 5.39. The van der Waals surface area contributed by atoms with E-state index < -0.39 is 0 Å². The van der Waals surface area contributed by atoms with E-state index in [1.54, 1.807) is 12.1 Å². The van der Waals surface area contributed by atoms with Gasteiger partial charge in [0.2, 0.25) is 0 Å². The summed E-state index contributed by atoms with van der Waals surface area (Å²) < 4.78 is 16.3. The molecule has 168 valence electrons. The average molecular weight is 443 g/mol. The second-order valence-corrected chi connectivity index (χ2v) is 8.77. The molecule has 0 spiro atoms. The summed E-state index contributed by atoms with van der Waals surface area (Å²) >= 11 is 0. The molecule has 1 aliphatic rings. The van der Waals surface area contributed by atoms with Crippen molar-refractivity contribution in [2.24, 2.45) is 0 Å². The van der Waals surface area contributed by atoms with Crippen molar-refractivity contribution in [3.05, 3.63) is 84.2 Å². The second kappa shape index (κ2) is 8.70. The quantitative estimate of drug-likeness (QED) is 0.426. The lowest BCUT2D eigenvalue weighted by Crippen LogP contribution is -2.39. The van der Waals surface area contributed by atoms with Crippen LogP contribution in [0.2, 0.25) is 0 Å². The smallest absolute Gasteiger partial charge is 0.253 e. The van der Waals surface area contributed by atoms with Crippen LogP contribution in [0.25, 0.3) is 22.4 Å². The van der Waals surface area contributed by atoms with Crippen LogP contribution in [0.4, 0.5) is 10.1 Å². The first-order valence-electron chi connectivity index (χ1n) is 11.3. The zero-order valence-electron chi connectivity index (χ0n) is 18.9. The van der Waals surface area contributed by atoms with E-state index in [2.05, 4.69) is 4.57 Å². The van der Waals surface area contributed by atoms with E-state index in [1.165, 1.54) is 6.07 Å². The maximum absolute atomic E-state index is 14.1.